The lowest BCUT2D eigenvalue weighted by Gasteiger charge is -2.25. The Balaban J connectivity index is 2.32. The summed E-state index contributed by atoms with van der Waals surface area (Å²) in [5, 5.41) is 0. The van der Waals surface area contributed by atoms with Gasteiger partial charge in [-0.25, -0.2) is 0 Å². The van der Waals surface area contributed by atoms with Crippen LogP contribution in [0, 0.1) is 0 Å². The second-order valence-corrected chi connectivity index (χ2v) is 6.02. The molecule has 0 bridgehead atoms. The molecular formula is C12H10BrI. The lowest BCUT2D eigenvalue weighted by atomic mass is 9.92. The van der Waals surface area contributed by atoms with E-state index in [-0.39, 0.29) is 4.32 Å². The Morgan fingerprint density at radius 2 is 1.93 bits per heavy atom. The van der Waals surface area contributed by atoms with Gasteiger partial charge in [0.05, 0.1) is 4.32 Å². The van der Waals surface area contributed by atoms with E-state index in [9.17, 15) is 0 Å². The standard InChI is InChI=1S/C12H10BrI/c13-12(8-6-11(14)7-9-12)10-4-2-1-3-5-10/h1-8H,9H2. The monoisotopic (exact) mass is 360 g/mol. The second kappa shape index (κ2) is 4.19. The maximum absolute atomic E-state index is 3.80. The molecule has 1 unspecified atom stereocenters. The average Bonchev–Trinajstić information content (AvgIpc) is 2.24. The highest BCUT2D eigenvalue weighted by atomic mass is 127. The fourth-order valence-electron chi connectivity index (χ4n) is 1.52. The van der Waals surface area contributed by atoms with Gasteiger partial charge in [-0.05, 0) is 34.6 Å². The Hall–Kier alpha value is -0.0900. The number of hydrogen-bond donors (Lipinski definition) is 0. The van der Waals surface area contributed by atoms with Gasteiger partial charge in [0.25, 0.3) is 0 Å². The molecule has 0 heterocycles. The number of hydrogen-bond acceptors (Lipinski definition) is 0. The average molecular weight is 361 g/mol. The van der Waals surface area contributed by atoms with E-state index >= 15 is 0 Å². The Labute approximate surface area is 106 Å². The van der Waals surface area contributed by atoms with Crippen LogP contribution in [0.1, 0.15) is 12.0 Å². The SMILES string of the molecule is BrC1(c2ccccc2)C=CC(I)=CC1. The zero-order valence-electron chi connectivity index (χ0n) is 7.58. The van der Waals surface area contributed by atoms with E-state index in [2.05, 4.69) is 81.0 Å². The van der Waals surface area contributed by atoms with E-state index in [1.54, 1.807) is 0 Å². The molecule has 0 N–H and O–H groups in total. The third-order valence-corrected chi connectivity index (χ3v) is 4.20. The van der Waals surface area contributed by atoms with Gasteiger partial charge < -0.3 is 0 Å². The summed E-state index contributed by atoms with van der Waals surface area (Å²) < 4.78 is 1.32. The van der Waals surface area contributed by atoms with Crippen molar-refractivity contribution in [1.82, 2.24) is 0 Å². The molecule has 72 valence electrons. The van der Waals surface area contributed by atoms with Crippen molar-refractivity contribution >= 4 is 38.5 Å². The molecule has 0 nitrogen and oxygen atoms in total. The van der Waals surface area contributed by atoms with Crippen LogP contribution >= 0.6 is 38.5 Å². The third-order valence-electron chi connectivity index (χ3n) is 2.35. The fourth-order valence-corrected chi connectivity index (χ4v) is 2.48. The van der Waals surface area contributed by atoms with Crippen LogP contribution in [0.25, 0.3) is 0 Å². The van der Waals surface area contributed by atoms with Gasteiger partial charge >= 0.3 is 0 Å². The minimum Gasteiger partial charge on any atom is -0.0752 e. The minimum absolute atomic E-state index is 0.00291. The molecular weight excluding hydrogens is 351 g/mol. The zero-order valence-corrected chi connectivity index (χ0v) is 11.3. The highest BCUT2D eigenvalue weighted by molar-refractivity contribution is 14.1. The van der Waals surface area contributed by atoms with Crippen molar-refractivity contribution in [2.45, 2.75) is 10.7 Å². The van der Waals surface area contributed by atoms with Crippen molar-refractivity contribution < 1.29 is 0 Å². The smallest absolute Gasteiger partial charge is 0.0723 e. The van der Waals surface area contributed by atoms with Crippen LogP contribution in [0.5, 0.6) is 0 Å². The van der Waals surface area contributed by atoms with Crippen molar-refractivity contribution in [3.63, 3.8) is 0 Å². The molecule has 1 atom stereocenters. The van der Waals surface area contributed by atoms with Crippen molar-refractivity contribution in [2.24, 2.45) is 0 Å². The molecule has 1 aromatic carbocycles. The molecule has 1 aliphatic carbocycles. The lowest BCUT2D eigenvalue weighted by molar-refractivity contribution is 0.796. The number of halogens is 2. The summed E-state index contributed by atoms with van der Waals surface area (Å²) in [6, 6.07) is 10.5. The van der Waals surface area contributed by atoms with Crippen LogP contribution in [0.15, 0.2) is 52.1 Å². The molecule has 1 aliphatic rings. The van der Waals surface area contributed by atoms with Gasteiger partial charge in [-0.1, -0.05) is 64.5 Å². The summed E-state index contributed by atoms with van der Waals surface area (Å²) >= 11 is 6.14. The van der Waals surface area contributed by atoms with Crippen molar-refractivity contribution in [1.29, 1.82) is 0 Å². The predicted octanol–water partition coefficient (Wildman–Crippen LogP) is 4.56. The number of alkyl halides is 1. The summed E-state index contributed by atoms with van der Waals surface area (Å²) in [5.74, 6) is 0. The van der Waals surface area contributed by atoms with E-state index < -0.39 is 0 Å². The summed E-state index contributed by atoms with van der Waals surface area (Å²) in [7, 11) is 0. The van der Waals surface area contributed by atoms with E-state index in [4.69, 9.17) is 0 Å². The van der Waals surface area contributed by atoms with Gasteiger partial charge in [-0.15, -0.1) is 0 Å². The molecule has 14 heavy (non-hydrogen) atoms. The number of benzene rings is 1. The highest BCUT2D eigenvalue weighted by Gasteiger charge is 2.26. The maximum Gasteiger partial charge on any atom is 0.0723 e. The van der Waals surface area contributed by atoms with E-state index in [0.717, 1.165) is 6.42 Å². The first-order chi connectivity index (χ1) is 6.71. The maximum atomic E-state index is 3.80. The van der Waals surface area contributed by atoms with Gasteiger partial charge in [0.2, 0.25) is 0 Å². The van der Waals surface area contributed by atoms with Crippen molar-refractivity contribution in [2.75, 3.05) is 0 Å². The lowest BCUT2D eigenvalue weighted by Crippen LogP contribution is -2.15. The molecule has 0 fully saturated rings. The van der Waals surface area contributed by atoms with E-state index in [1.165, 1.54) is 9.14 Å². The summed E-state index contributed by atoms with van der Waals surface area (Å²) in [5.41, 5.74) is 1.32. The van der Waals surface area contributed by atoms with Crippen molar-refractivity contribution in [3.05, 3.63) is 57.7 Å². The van der Waals surface area contributed by atoms with Crippen LogP contribution in [0.4, 0.5) is 0 Å². The number of allylic oxidation sites excluding steroid dienone is 4. The van der Waals surface area contributed by atoms with Gasteiger partial charge in [-0.3, -0.25) is 0 Å². The largest absolute Gasteiger partial charge is 0.0752 e. The summed E-state index contributed by atoms with van der Waals surface area (Å²) in [4.78, 5) is 0. The van der Waals surface area contributed by atoms with Crippen LogP contribution in [0.3, 0.4) is 0 Å². The fraction of sp³-hybridized carbons (Fsp3) is 0.167. The van der Waals surface area contributed by atoms with E-state index in [1.807, 2.05) is 6.07 Å². The Morgan fingerprint density at radius 3 is 2.50 bits per heavy atom. The van der Waals surface area contributed by atoms with Crippen LogP contribution in [-0.4, -0.2) is 0 Å². The summed E-state index contributed by atoms with van der Waals surface area (Å²) in [6.45, 7) is 0. The van der Waals surface area contributed by atoms with Gasteiger partial charge in [0, 0.05) is 3.58 Å². The quantitative estimate of drug-likeness (QED) is 0.509. The molecule has 0 spiro atoms. The van der Waals surface area contributed by atoms with Crippen LogP contribution in [-0.2, 0) is 4.32 Å². The molecule has 0 aromatic heterocycles. The Morgan fingerprint density at radius 1 is 1.21 bits per heavy atom. The first-order valence-electron chi connectivity index (χ1n) is 4.50. The molecule has 0 amide bonds. The molecule has 0 aliphatic heterocycles. The van der Waals surface area contributed by atoms with Crippen LogP contribution < -0.4 is 0 Å². The van der Waals surface area contributed by atoms with Gasteiger partial charge in [-0.2, -0.15) is 0 Å². The second-order valence-electron chi connectivity index (χ2n) is 3.35. The topological polar surface area (TPSA) is 0 Å². The minimum atomic E-state index is 0.00291. The molecule has 0 saturated heterocycles. The number of rotatable bonds is 1. The first kappa shape index (κ1) is 10.4. The predicted molar refractivity (Wildman–Crippen MR) is 72.9 cm³/mol. The molecule has 1 aromatic rings. The summed E-state index contributed by atoms with van der Waals surface area (Å²) in [6.07, 6.45) is 7.66. The molecule has 2 heteroatoms. The zero-order chi connectivity index (χ0) is 10.0. The normalized spacial score (nSPS) is 26.0. The Bertz CT molecular complexity index is 381. The first-order valence-corrected chi connectivity index (χ1v) is 6.37. The third kappa shape index (κ3) is 2.11. The van der Waals surface area contributed by atoms with Crippen LogP contribution in [0.2, 0.25) is 0 Å². The van der Waals surface area contributed by atoms with Gasteiger partial charge in [0.1, 0.15) is 0 Å². The molecule has 0 radical (unpaired) electrons. The van der Waals surface area contributed by atoms with E-state index in [0.29, 0.717) is 0 Å². The molecule has 2 rings (SSSR count). The van der Waals surface area contributed by atoms with Crippen molar-refractivity contribution in [3.8, 4) is 0 Å². The highest BCUT2D eigenvalue weighted by Crippen LogP contribution is 2.40. The molecule has 0 saturated carbocycles. The Kier molecular flexibility index (Phi) is 3.12. The van der Waals surface area contributed by atoms with Gasteiger partial charge in [0.15, 0.2) is 0 Å².